The number of nitrogens with zero attached hydrogens (tertiary/aromatic N) is 7. The normalized spacial score (nSPS) is 13.8. The Morgan fingerprint density at radius 1 is 1.02 bits per heavy atom. The van der Waals surface area contributed by atoms with Crippen molar-refractivity contribution in [1.29, 1.82) is 0 Å². The predicted octanol–water partition coefficient (Wildman–Crippen LogP) is -0.328. The number of carbonyl (C=O) groups excluding carboxylic acids is 3. The molecular weight excluding hydrogens is 610 g/mol. The predicted molar refractivity (Wildman–Crippen MR) is 164 cm³/mol. The molecule has 0 aliphatic heterocycles. The number of amides is 3. The van der Waals surface area contributed by atoms with Crippen LogP contribution in [-0.2, 0) is 13.0 Å². The number of nitrogen functional groups attached to an aromatic ring is 1. The van der Waals surface area contributed by atoms with Crippen molar-refractivity contribution in [2.45, 2.75) is 25.4 Å². The van der Waals surface area contributed by atoms with Gasteiger partial charge in [0.25, 0.3) is 34.4 Å². The van der Waals surface area contributed by atoms with E-state index in [4.69, 9.17) is 11.5 Å². The molecule has 3 amide bonds. The number of carbonyl (C=O) groups is 3. The van der Waals surface area contributed by atoms with Crippen LogP contribution in [0.5, 0.6) is 0 Å². The summed E-state index contributed by atoms with van der Waals surface area (Å²) in [5, 5.41) is 26.6. The van der Waals surface area contributed by atoms with Crippen molar-refractivity contribution in [3.8, 4) is 11.4 Å². The first kappa shape index (κ1) is 28.9. The maximum absolute atomic E-state index is 13.5. The van der Waals surface area contributed by atoms with E-state index in [1.807, 2.05) is 18.2 Å². The molecular formula is C29H23N13O5. The highest BCUT2D eigenvalue weighted by Crippen LogP contribution is 2.33. The fraction of sp³-hybridized carbons (Fsp3) is 0.138. The van der Waals surface area contributed by atoms with Gasteiger partial charge in [-0.1, -0.05) is 24.3 Å². The van der Waals surface area contributed by atoms with Crippen LogP contribution in [0.2, 0.25) is 0 Å². The lowest BCUT2D eigenvalue weighted by atomic mass is 10.0. The van der Waals surface area contributed by atoms with Crippen LogP contribution >= 0.6 is 0 Å². The summed E-state index contributed by atoms with van der Waals surface area (Å²) in [6.45, 7) is 0.0170. The molecule has 1 aliphatic rings. The molecule has 7 rings (SSSR count). The van der Waals surface area contributed by atoms with Gasteiger partial charge in [-0.2, -0.15) is 14.7 Å². The first-order valence-corrected chi connectivity index (χ1v) is 14.1. The molecule has 0 spiro atoms. The molecule has 6 aromatic rings. The highest BCUT2D eigenvalue weighted by molar-refractivity contribution is 5.98. The van der Waals surface area contributed by atoms with E-state index in [1.54, 1.807) is 24.3 Å². The summed E-state index contributed by atoms with van der Waals surface area (Å²) in [6.07, 6.45) is 1.33. The van der Waals surface area contributed by atoms with Crippen LogP contribution in [0, 0.1) is 0 Å². The number of anilines is 3. The highest BCUT2D eigenvalue weighted by atomic mass is 16.2. The number of nitrogens with one attached hydrogen (secondary N) is 4. The Morgan fingerprint density at radius 2 is 1.87 bits per heavy atom. The first-order chi connectivity index (χ1) is 22.7. The third-order valence-corrected chi connectivity index (χ3v) is 7.72. The number of hydrogen-bond donors (Lipinski definition) is 6. The Bertz CT molecular complexity index is 2300. The van der Waals surface area contributed by atoms with E-state index in [9.17, 15) is 24.0 Å². The van der Waals surface area contributed by atoms with E-state index in [-0.39, 0.29) is 47.0 Å². The minimum atomic E-state index is -0.942. The van der Waals surface area contributed by atoms with Gasteiger partial charge >= 0.3 is 0 Å². The summed E-state index contributed by atoms with van der Waals surface area (Å²) in [6, 6.07) is 13.3. The largest absolute Gasteiger partial charge is 0.394 e. The molecule has 3 heterocycles. The van der Waals surface area contributed by atoms with Gasteiger partial charge in [0.1, 0.15) is 22.8 Å². The van der Waals surface area contributed by atoms with Crippen molar-refractivity contribution in [3.63, 3.8) is 0 Å². The quantitative estimate of drug-likeness (QED) is 0.111. The second-order valence-electron chi connectivity index (χ2n) is 10.7. The molecule has 234 valence electrons. The number of benzene rings is 2. The van der Waals surface area contributed by atoms with Gasteiger partial charge in [0, 0.05) is 23.9 Å². The second-order valence-corrected chi connectivity index (χ2v) is 10.7. The fourth-order valence-corrected chi connectivity index (χ4v) is 5.38. The second kappa shape index (κ2) is 11.3. The number of tetrazole rings is 1. The number of primary amides is 1. The van der Waals surface area contributed by atoms with Crippen LogP contribution in [0.25, 0.3) is 17.2 Å². The molecule has 18 nitrogen and oxygen atoms in total. The van der Waals surface area contributed by atoms with Crippen LogP contribution in [0.3, 0.4) is 0 Å². The van der Waals surface area contributed by atoms with Crippen molar-refractivity contribution >= 4 is 40.6 Å². The molecule has 0 saturated heterocycles. The van der Waals surface area contributed by atoms with Crippen molar-refractivity contribution in [2.24, 2.45) is 5.73 Å². The molecule has 1 atom stereocenters. The number of aromatic amines is 1. The van der Waals surface area contributed by atoms with Gasteiger partial charge in [0.05, 0.1) is 6.04 Å². The maximum atomic E-state index is 13.5. The zero-order chi connectivity index (χ0) is 32.8. The minimum absolute atomic E-state index is 0.00676. The van der Waals surface area contributed by atoms with Crippen LogP contribution < -0.4 is 38.3 Å². The molecule has 18 heteroatoms. The zero-order valence-corrected chi connectivity index (χ0v) is 24.1. The lowest BCUT2D eigenvalue weighted by molar-refractivity contribution is 0.0930. The number of nitrogens with two attached hydrogens (primary N) is 2. The number of aromatic nitrogens is 8. The van der Waals surface area contributed by atoms with Gasteiger partial charge in [-0.15, -0.1) is 15.3 Å². The van der Waals surface area contributed by atoms with Crippen LogP contribution in [-0.4, -0.2) is 57.9 Å². The van der Waals surface area contributed by atoms with Gasteiger partial charge in [-0.25, -0.2) is 4.98 Å². The van der Waals surface area contributed by atoms with Gasteiger partial charge < -0.3 is 27.4 Å². The maximum Gasteiger partial charge on any atom is 0.288 e. The highest BCUT2D eigenvalue weighted by Gasteiger charge is 2.27. The van der Waals surface area contributed by atoms with Crippen molar-refractivity contribution < 1.29 is 14.4 Å². The zero-order valence-electron chi connectivity index (χ0n) is 24.1. The summed E-state index contributed by atoms with van der Waals surface area (Å²) in [4.78, 5) is 70.2. The van der Waals surface area contributed by atoms with Crippen molar-refractivity contribution in [2.75, 3.05) is 11.1 Å². The molecule has 8 N–H and O–H groups in total. The number of hydrogen-bond acceptors (Lipinski definition) is 13. The van der Waals surface area contributed by atoms with E-state index >= 15 is 0 Å². The van der Waals surface area contributed by atoms with Gasteiger partial charge in [0.15, 0.2) is 0 Å². The average molecular weight is 634 g/mol. The third kappa shape index (κ3) is 5.28. The molecule has 47 heavy (non-hydrogen) atoms. The van der Waals surface area contributed by atoms with Crippen LogP contribution in [0.4, 0.5) is 17.1 Å². The Morgan fingerprint density at radius 3 is 2.64 bits per heavy atom. The van der Waals surface area contributed by atoms with Gasteiger partial charge in [-0.05, 0) is 52.9 Å². The lowest BCUT2D eigenvalue weighted by Gasteiger charge is -2.15. The molecule has 3 aromatic carbocycles. The number of fused-ring (bicyclic) bond motifs is 2. The smallest absolute Gasteiger partial charge is 0.288 e. The van der Waals surface area contributed by atoms with Crippen molar-refractivity contribution in [1.82, 2.24) is 50.8 Å². The third-order valence-electron chi connectivity index (χ3n) is 7.72. The Balaban J connectivity index is 1.11. The van der Waals surface area contributed by atoms with E-state index in [0.717, 1.165) is 21.2 Å². The van der Waals surface area contributed by atoms with Crippen molar-refractivity contribution in [3.05, 3.63) is 103 Å². The van der Waals surface area contributed by atoms with Crippen LogP contribution in [0.15, 0.2) is 58.1 Å². The Kier molecular flexibility index (Phi) is 6.92. The SMILES string of the molecule is NC(=O)c1nc2nc(C(=O)N[C@H]3CCc4cc(-c5nn[nH]n5)ccc43)cc(C(=O)NCc3cccc(Nc4c(N)c(=O)c4=O)c3)n2n1. The number of H-pyrrole nitrogens is 1. The summed E-state index contributed by atoms with van der Waals surface area (Å²) >= 11 is 0. The summed E-state index contributed by atoms with van der Waals surface area (Å²) in [7, 11) is 0. The molecule has 0 saturated carbocycles. The van der Waals surface area contributed by atoms with E-state index < -0.39 is 28.6 Å². The summed E-state index contributed by atoms with van der Waals surface area (Å²) in [5.74, 6) is -2.27. The Hall–Kier alpha value is -6.85. The molecule has 1 aliphatic carbocycles. The van der Waals surface area contributed by atoms with E-state index in [0.29, 0.717) is 29.9 Å². The number of rotatable bonds is 9. The van der Waals surface area contributed by atoms with E-state index in [2.05, 4.69) is 51.6 Å². The van der Waals surface area contributed by atoms with Gasteiger partial charge in [0.2, 0.25) is 11.6 Å². The lowest BCUT2D eigenvalue weighted by Crippen LogP contribution is -2.36. The minimum Gasteiger partial charge on any atom is -0.394 e. The first-order valence-electron chi connectivity index (χ1n) is 14.1. The average Bonchev–Trinajstić information content (AvgIpc) is 3.86. The fourth-order valence-electron chi connectivity index (χ4n) is 5.38. The molecule has 0 bridgehead atoms. The molecule has 0 fully saturated rings. The summed E-state index contributed by atoms with van der Waals surface area (Å²) in [5.41, 5.74) is 13.0. The van der Waals surface area contributed by atoms with E-state index in [1.165, 1.54) is 6.07 Å². The molecule has 3 aromatic heterocycles. The standard InChI is InChI=1S/C29H23N13O5/c30-20-21(23(44)22(20)43)33-15-3-1-2-12(8-15)11-32-28(47)19-10-18(35-29-36-26(24(31)45)39-42(19)29)27(46)34-17-7-5-13-9-14(4-6-16(13)17)25-37-40-41-38-25/h1-4,6,8-10,17,33H,5,7,11,30H2,(H2,31,45)(H,32,47)(H,34,46)(H,37,38,40,41)/t17-/m0/s1. The molecule has 0 radical (unpaired) electrons. The molecule has 0 unspecified atom stereocenters. The number of aryl methyl sites for hydroxylation is 1. The van der Waals surface area contributed by atoms with Gasteiger partial charge in [-0.3, -0.25) is 24.0 Å². The Labute approximate surface area is 262 Å². The summed E-state index contributed by atoms with van der Waals surface area (Å²) < 4.78 is 1.03. The topological polar surface area (TPSA) is 271 Å². The monoisotopic (exact) mass is 633 g/mol. The van der Waals surface area contributed by atoms with Crippen LogP contribution in [0.1, 0.15) is 60.7 Å².